The molecule has 0 bridgehead atoms. The SMILES string of the molecule is O=C(O)C(=O)Cn1cccn1. The first kappa shape index (κ1) is 7.46. The average molecular weight is 154 g/mol. The molecule has 0 unspecified atom stereocenters. The summed E-state index contributed by atoms with van der Waals surface area (Å²) in [6.07, 6.45) is 3.01. The third-order valence-corrected chi connectivity index (χ3v) is 1.10. The van der Waals surface area contributed by atoms with Crippen LogP contribution in [0, 0.1) is 0 Å². The van der Waals surface area contributed by atoms with Gasteiger partial charge in [0.15, 0.2) is 0 Å². The number of rotatable bonds is 3. The van der Waals surface area contributed by atoms with Gasteiger partial charge in [-0.2, -0.15) is 5.10 Å². The molecule has 0 spiro atoms. The number of carbonyl (C=O) groups excluding carboxylic acids is 1. The van der Waals surface area contributed by atoms with E-state index in [0.717, 1.165) is 0 Å². The zero-order valence-corrected chi connectivity index (χ0v) is 5.60. The van der Waals surface area contributed by atoms with Crippen LogP contribution in [0.5, 0.6) is 0 Å². The Hall–Kier alpha value is -1.65. The molecule has 1 rings (SSSR count). The van der Waals surface area contributed by atoms with E-state index in [0.29, 0.717) is 0 Å². The molecule has 11 heavy (non-hydrogen) atoms. The van der Waals surface area contributed by atoms with Gasteiger partial charge in [-0.05, 0) is 6.07 Å². The summed E-state index contributed by atoms with van der Waals surface area (Å²) in [5, 5.41) is 11.9. The molecule has 1 aromatic heterocycles. The third-order valence-electron chi connectivity index (χ3n) is 1.10. The van der Waals surface area contributed by atoms with E-state index in [4.69, 9.17) is 5.11 Å². The molecule has 1 N–H and O–H groups in total. The fourth-order valence-corrected chi connectivity index (χ4v) is 0.609. The summed E-state index contributed by atoms with van der Waals surface area (Å²) in [6.45, 7) is -0.206. The van der Waals surface area contributed by atoms with Gasteiger partial charge in [0.1, 0.15) is 6.54 Å². The molecule has 0 aliphatic carbocycles. The number of Topliss-reactive ketones (excluding diaryl/α,β-unsaturated/α-hetero) is 1. The van der Waals surface area contributed by atoms with Gasteiger partial charge in [0.25, 0.3) is 5.78 Å². The van der Waals surface area contributed by atoms with Gasteiger partial charge < -0.3 is 5.11 Å². The Balaban J connectivity index is 2.57. The van der Waals surface area contributed by atoms with Crippen molar-refractivity contribution in [3.05, 3.63) is 18.5 Å². The summed E-state index contributed by atoms with van der Waals surface area (Å²) in [7, 11) is 0. The summed E-state index contributed by atoms with van der Waals surface area (Å²) in [5.41, 5.74) is 0. The predicted molar refractivity (Wildman–Crippen MR) is 34.9 cm³/mol. The highest BCUT2D eigenvalue weighted by Crippen LogP contribution is 1.85. The molecule has 0 radical (unpaired) electrons. The molecule has 0 aliphatic heterocycles. The zero-order chi connectivity index (χ0) is 8.27. The minimum Gasteiger partial charge on any atom is -0.475 e. The predicted octanol–water partition coefficient (Wildman–Crippen LogP) is -0.463. The Bertz CT molecular complexity index is 265. The number of hydrogen-bond acceptors (Lipinski definition) is 3. The van der Waals surface area contributed by atoms with E-state index in [-0.39, 0.29) is 6.54 Å². The van der Waals surface area contributed by atoms with Gasteiger partial charge >= 0.3 is 5.97 Å². The van der Waals surface area contributed by atoms with Gasteiger partial charge in [-0.1, -0.05) is 0 Å². The molecule has 0 aliphatic rings. The summed E-state index contributed by atoms with van der Waals surface area (Å²) >= 11 is 0. The molecular formula is C6H6N2O3. The second kappa shape index (κ2) is 2.96. The van der Waals surface area contributed by atoms with Crippen LogP contribution in [0.2, 0.25) is 0 Å². The molecule has 0 fully saturated rings. The second-order valence-electron chi connectivity index (χ2n) is 1.93. The second-order valence-corrected chi connectivity index (χ2v) is 1.93. The van der Waals surface area contributed by atoms with Crippen molar-refractivity contribution in [3.63, 3.8) is 0 Å². The van der Waals surface area contributed by atoms with Crippen molar-refractivity contribution in [1.82, 2.24) is 9.78 Å². The van der Waals surface area contributed by atoms with Crippen LogP contribution in [0.15, 0.2) is 18.5 Å². The fraction of sp³-hybridized carbons (Fsp3) is 0.167. The van der Waals surface area contributed by atoms with Crippen molar-refractivity contribution in [2.75, 3.05) is 0 Å². The molecule has 0 atom stereocenters. The minimum atomic E-state index is -1.43. The van der Waals surface area contributed by atoms with Crippen molar-refractivity contribution in [2.24, 2.45) is 0 Å². The van der Waals surface area contributed by atoms with Gasteiger partial charge in [-0.15, -0.1) is 0 Å². The van der Waals surface area contributed by atoms with E-state index >= 15 is 0 Å². The first-order valence-corrected chi connectivity index (χ1v) is 2.93. The Morgan fingerprint density at radius 1 is 1.55 bits per heavy atom. The lowest BCUT2D eigenvalue weighted by Crippen LogP contribution is -2.19. The van der Waals surface area contributed by atoms with Crippen LogP contribution in [0.4, 0.5) is 0 Å². The Kier molecular flexibility index (Phi) is 2.00. The molecule has 0 aromatic carbocycles. The fourth-order valence-electron chi connectivity index (χ4n) is 0.609. The lowest BCUT2D eigenvalue weighted by Gasteiger charge is -1.94. The number of aromatic nitrogens is 2. The number of hydrogen-bond donors (Lipinski definition) is 1. The van der Waals surface area contributed by atoms with Gasteiger partial charge in [-0.25, -0.2) is 4.79 Å². The van der Waals surface area contributed by atoms with Crippen molar-refractivity contribution >= 4 is 11.8 Å². The summed E-state index contributed by atoms with van der Waals surface area (Å²) in [5.74, 6) is -2.30. The first-order valence-electron chi connectivity index (χ1n) is 2.93. The summed E-state index contributed by atoms with van der Waals surface area (Å²) < 4.78 is 1.26. The average Bonchev–Trinajstić information content (AvgIpc) is 2.39. The van der Waals surface area contributed by atoms with E-state index in [1.54, 1.807) is 6.07 Å². The topological polar surface area (TPSA) is 72.2 Å². The van der Waals surface area contributed by atoms with Crippen molar-refractivity contribution < 1.29 is 14.7 Å². The highest BCUT2D eigenvalue weighted by molar-refractivity contribution is 6.32. The van der Waals surface area contributed by atoms with Crippen LogP contribution in [-0.2, 0) is 16.1 Å². The van der Waals surface area contributed by atoms with E-state index in [2.05, 4.69) is 5.10 Å². The Morgan fingerprint density at radius 2 is 2.27 bits per heavy atom. The normalized spacial score (nSPS) is 9.45. The maximum Gasteiger partial charge on any atom is 0.374 e. The van der Waals surface area contributed by atoms with E-state index in [1.807, 2.05) is 0 Å². The molecule has 0 amide bonds. The van der Waals surface area contributed by atoms with Crippen molar-refractivity contribution in [1.29, 1.82) is 0 Å². The number of ketones is 1. The molecule has 58 valence electrons. The van der Waals surface area contributed by atoms with Gasteiger partial charge in [-0.3, -0.25) is 9.48 Å². The number of nitrogens with zero attached hydrogens (tertiary/aromatic N) is 2. The molecular weight excluding hydrogens is 148 g/mol. The van der Waals surface area contributed by atoms with Crippen LogP contribution < -0.4 is 0 Å². The first-order chi connectivity index (χ1) is 5.20. The largest absolute Gasteiger partial charge is 0.475 e. The number of carboxylic acid groups (broad SMARTS) is 1. The van der Waals surface area contributed by atoms with Crippen molar-refractivity contribution in [2.45, 2.75) is 6.54 Å². The summed E-state index contributed by atoms with van der Waals surface area (Å²) in [4.78, 5) is 20.6. The van der Waals surface area contributed by atoms with Crippen LogP contribution in [0.25, 0.3) is 0 Å². The lowest BCUT2D eigenvalue weighted by atomic mass is 10.4. The van der Waals surface area contributed by atoms with Crippen LogP contribution in [-0.4, -0.2) is 26.6 Å². The van der Waals surface area contributed by atoms with Crippen LogP contribution in [0.3, 0.4) is 0 Å². The van der Waals surface area contributed by atoms with E-state index in [1.165, 1.54) is 17.1 Å². The van der Waals surface area contributed by atoms with Gasteiger partial charge in [0, 0.05) is 12.4 Å². The highest BCUT2D eigenvalue weighted by atomic mass is 16.4. The lowest BCUT2D eigenvalue weighted by molar-refractivity contribution is -0.149. The Labute approximate surface area is 62.3 Å². The maximum absolute atomic E-state index is 10.5. The molecule has 5 heteroatoms. The van der Waals surface area contributed by atoms with E-state index in [9.17, 15) is 9.59 Å². The smallest absolute Gasteiger partial charge is 0.374 e. The number of carboxylic acids is 1. The standard InChI is InChI=1S/C6H6N2O3/c9-5(6(10)11)4-8-3-1-2-7-8/h1-3H,4H2,(H,10,11). The van der Waals surface area contributed by atoms with Crippen molar-refractivity contribution in [3.8, 4) is 0 Å². The maximum atomic E-state index is 10.5. The molecule has 0 saturated carbocycles. The minimum absolute atomic E-state index is 0.206. The number of carbonyl (C=O) groups is 2. The third kappa shape index (κ3) is 1.89. The van der Waals surface area contributed by atoms with Crippen LogP contribution >= 0.6 is 0 Å². The Morgan fingerprint density at radius 3 is 2.73 bits per heavy atom. The molecule has 1 aromatic rings. The number of aliphatic carboxylic acids is 1. The summed E-state index contributed by atoms with van der Waals surface area (Å²) in [6, 6.07) is 1.62. The zero-order valence-electron chi connectivity index (χ0n) is 5.60. The van der Waals surface area contributed by atoms with E-state index < -0.39 is 11.8 Å². The monoisotopic (exact) mass is 154 g/mol. The molecule has 5 nitrogen and oxygen atoms in total. The molecule has 0 saturated heterocycles. The van der Waals surface area contributed by atoms with Gasteiger partial charge in [0.05, 0.1) is 0 Å². The quantitative estimate of drug-likeness (QED) is 0.598. The van der Waals surface area contributed by atoms with Crippen LogP contribution in [0.1, 0.15) is 0 Å². The highest BCUT2D eigenvalue weighted by Gasteiger charge is 2.11. The van der Waals surface area contributed by atoms with Gasteiger partial charge in [0.2, 0.25) is 0 Å². The molecule has 1 heterocycles.